The molecular formula is C9H15F2NO2. The Morgan fingerprint density at radius 2 is 2.29 bits per heavy atom. The van der Waals surface area contributed by atoms with E-state index >= 15 is 0 Å². The summed E-state index contributed by atoms with van der Waals surface area (Å²) in [5.41, 5.74) is 5.60. The molecule has 1 saturated carbocycles. The van der Waals surface area contributed by atoms with Gasteiger partial charge in [-0.3, -0.25) is 4.79 Å². The minimum absolute atomic E-state index is 0.177. The molecule has 0 aromatic rings. The van der Waals surface area contributed by atoms with Gasteiger partial charge >= 0.3 is 5.97 Å². The van der Waals surface area contributed by atoms with Crippen LogP contribution < -0.4 is 5.73 Å². The van der Waals surface area contributed by atoms with Crippen molar-refractivity contribution in [1.82, 2.24) is 0 Å². The Morgan fingerprint density at radius 3 is 2.86 bits per heavy atom. The van der Waals surface area contributed by atoms with Crippen LogP contribution in [0.3, 0.4) is 0 Å². The van der Waals surface area contributed by atoms with Gasteiger partial charge in [0.05, 0.1) is 12.5 Å². The van der Waals surface area contributed by atoms with Crippen LogP contribution in [-0.2, 0) is 9.53 Å². The molecule has 0 amide bonds. The average Bonchev–Trinajstić information content (AvgIpc) is 2.10. The lowest BCUT2D eigenvalue weighted by atomic mass is 9.83. The van der Waals surface area contributed by atoms with Crippen LogP contribution in [0.1, 0.15) is 26.2 Å². The first-order valence-electron chi connectivity index (χ1n) is 4.76. The first-order chi connectivity index (χ1) is 6.46. The molecule has 0 aromatic carbocycles. The number of carbonyl (C=O) groups is 1. The van der Waals surface area contributed by atoms with Crippen molar-refractivity contribution in [3.05, 3.63) is 0 Å². The van der Waals surface area contributed by atoms with Gasteiger partial charge in [0.25, 0.3) is 0 Å². The fraction of sp³-hybridized carbons (Fsp3) is 0.889. The van der Waals surface area contributed by atoms with E-state index in [-0.39, 0.29) is 19.4 Å². The number of hydrogen-bond acceptors (Lipinski definition) is 3. The smallest absolute Gasteiger partial charge is 0.310 e. The first-order valence-corrected chi connectivity index (χ1v) is 4.76. The highest BCUT2D eigenvalue weighted by molar-refractivity contribution is 5.73. The normalized spacial score (nSPS) is 31.1. The van der Waals surface area contributed by atoms with Crippen LogP contribution in [0.4, 0.5) is 8.78 Å². The van der Waals surface area contributed by atoms with Crippen molar-refractivity contribution in [2.24, 2.45) is 11.7 Å². The summed E-state index contributed by atoms with van der Waals surface area (Å²) < 4.78 is 30.6. The van der Waals surface area contributed by atoms with Crippen molar-refractivity contribution in [3.63, 3.8) is 0 Å². The Morgan fingerprint density at radius 1 is 1.64 bits per heavy atom. The number of esters is 1. The number of halogens is 2. The van der Waals surface area contributed by atoms with E-state index in [0.717, 1.165) is 0 Å². The third kappa shape index (κ3) is 2.64. The Labute approximate surface area is 81.6 Å². The fourth-order valence-electron chi connectivity index (χ4n) is 1.66. The average molecular weight is 207 g/mol. The summed E-state index contributed by atoms with van der Waals surface area (Å²) in [4.78, 5) is 11.3. The molecule has 82 valence electrons. The highest BCUT2D eigenvalue weighted by Crippen LogP contribution is 2.36. The van der Waals surface area contributed by atoms with Gasteiger partial charge in [-0.1, -0.05) is 0 Å². The zero-order valence-corrected chi connectivity index (χ0v) is 8.13. The van der Waals surface area contributed by atoms with Gasteiger partial charge in [0.15, 0.2) is 0 Å². The van der Waals surface area contributed by atoms with Crippen LogP contribution in [0.5, 0.6) is 0 Å². The van der Waals surface area contributed by atoms with Crippen LogP contribution in [-0.4, -0.2) is 24.5 Å². The summed E-state index contributed by atoms with van der Waals surface area (Å²) >= 11 is 0. The summed E-state index contributed by atoms with van der Waals surface area (Å²) in [6.07, 6.45) is -0.534. The van der Waals surface area contributed by atoms with Crippen molar-refractivity contribution < 1.29 is 18.3 Å². The molecule has 0 unspecified atom stereocenters. The number of ether oxygens (including phenoxy) is 1. The van der Waals surface area contributed by atoms with Crippen molar-refractivity contribution in [2.75, 3.05) is 6.61 Å². The van der Waals surface area contributed by atoms with E-state index in [9.17, 15) is 13.6 Å². The number of hydrogen-bond donors (Lipinski definition) is 1. The van der Waals surface area contributed by atoms with Crippen LogP contribution in [0, 0.1) is 5.92 Å². The Balaban J connectivity index is 2.61. The van der Waals surface area contributed by atoms with Gasteiger partial charge in [-0.2, -0.15) is 0 Å². The van der Waals surface area contributed by atoms with E-state index in [1.807, 2.05) is 0 Å². The van der Waals surface area contributed by atoms with Crippen LogP contribution in [0.2, 0.25) is 0 Å². The molecular weight excluding hydrogens is 192 g/mol. The quantitative estimate of drug-likeness (QED) is 0.694. The molecule has 1 fully saturated rings. The molecule has 2 atom stereocenters. The number of rotatable bonds is 2. The zero-order valence-electron chi connectivity index (χ0n) is 8.13. The Kier molecular flexibility index (Phi) is 3.42. The van der Waals surface area contributed by atoms with Gasteiger partial charge in [-0.15, -0.1) is 0 Å². The molecule has 0 bridgehead atoms. The number of alkyl halides is 2. The molecule has 0 spiro atoms. The molecule has 0 saturated heterocycles. The minimum Gasteiger partial charge on any atom is -0.466 e. The van der Waals surface area contributed by atoms with E-state index in [2.05, 4.69) is 0 Å². The largest absolute Gasteiger partial charge is 0.466 e. The Bertz CT molecular complexity index is 221. The molecule has 1 rings (SSSR count). The first kappa shape index (κ1) is 11.4. The Hall–Kier alpha value is -0.710. The van der Waals surface area contributed by atoms with Gasteiger partial charge < -0.3 is 10.5 Å². The number of carbonyl (C=O) groups excluding carboxylic acids is 1. The van der Waals surface area contributed by atoms with E-state index in [0.29, 0.717) is 0 Å². The van der Waals surface area contributed by atoms with E-state index < -0.39 is 30.3 Å². The third-order valence-electron chi connectivity index (χ3n) is 2.47. The SMILES string of the molecule is CCOC(=O)[C@@H]1CC(F)(F)CC[C@@H]1N. The minimum atomic E-state index is -2.77. The van der Waals surface area contributed by atoms with Crippen LogP contribution >= 0.6 is 0 Å². The van der Waals surface area contributed by atoms with Gasteiger partial charge in [0, 0.05) is 18.9 Å². The van der Waals surface area contributed by atoms with Gasteiger partial charge in [0.2, 0.25) is 5.92 Å². The summed E-state index contributed by atoms with van der Waals surface area (Å²) in [7, 11) is 0. The molecule has 2 N–H and O–H groups in total. The molecule has 0 aromatic heterocycles. The lowest BCUT2D eigenvalue weighted by Gasteiger charge is -2.32. The molecule has 5 heteroatoms. The molecule has 0 aliphatic heterocycles. The van der Waals surface area contributed by atoms with Gasteiger partial charge in [-0.25, -0.2) is 8.78 Å². The summed E-state index contributed by atoms with van der Waals surface area (Å²) in [5, 5.41) is 0. The molecule has 3 nitrogen and oxygen atoms in total. The van der Waals surface area contributed by atoms with Crippen LogP contribution in [0.25, 0.3) is 0 Å². The molecule has 14 heavy (non-hydrogen) atoms. The van der Waals surface area contributed by atoms with Gasteiger partial charge in [0.1, 0.15) is 0 Å². The molecule has 1 aliphatic rings. The lowest BCUT2D eigenvalue weighted by Crippen LogP contribution is -2.45. The van der Waals surface area contributed by atoms with E-state index in [1.165, 1.54) is 0 Å². The molecule has 0 radical (unpaired) electrons. The standard InChI is InChI=1S/C9H15F2NO2/c1-2-14-8(13)6-5-9(10,11)4-3-7(6)12/h6-7H,2-5,12H2,1H3/t6-,7+/m1/s1. The van der Waals surface area contributed by atoms with E-state index in [4.69, 9.17) is 10.5 Å². The predicted octanol–water partition coefficient (Wildman–Crippen LogP) is 1.31. The van der Waals surface area contributed by atoms with Gasteiger partial charge in [-0.05, 0) is 13.3 Å². The monoisotopic (exact) mass is 207 g/mol. The summed E-state index contributed by atoms with van der Waals surface area (Å²) in [6, 6.07) is -0.492. The maximum atomic E-state index is 13.0. The maximum absolute atomic E-state index is 13.0. The highest BCUT2D eigenvalue weighted by atomic mass is 19.3. The molecule has 1 aliphatic carbocycles. The second kappa shape index (κ2) is 4.21. The third-order valence-corrected chi connectivity index (χ3v) is 2.47. The second-order valence-corrected chi connectivity index (χ2v) is 3.62. The van der Waals surface area contributed by atoms with E-state index in [1.54, 1.807) is 6.92 Å². The van der Waals surface area contributed by atoms with Crippen molar-refractivity contribution >= 4 is 5.97 Å². The zero-order chi connectivity index (χ0) is 10.8. The lowest BCUT2D eigenvalue weighted by molar-refractivity contribution is -0.156. The molecule has 0 heterocycles. The topological polar surface area (TPSA) is 52.3 Å². The highest BCUT2D eigenvalue weighted by Gasteiger charge is 2.43. The predicted molar refractivity (Wildman–Crippen MR) is 46.9 cm³/mol. The fourth-order valence-corrected chi connectivity index (χ4v) is 1.66. The number of nitrogens with two attached hydrogens (primary N) is 1. The van der Waals surface area contributed by atoms with Crippen molar-refractivity contribution in [3.8, 4) is 0 Å². The van der Waals surface area contributed by atoms with Crippen molar-refractivity contribution in [1.29, 1.82) is 0 Å². The maximum Gasteiger partial charge on any atom is 0.310 e. The summed E-state index contributed by atoms with van der Waals surface area (Å²) in [5.74, 6) is -4.22. The second-order valence-electron chi connectivity index (χ2n) is 3.62. The van der Waals surface area contributed by atoms with Crippen molar-refractivity contribution in [2.45, 2.75) is 38.2 Å². The van der Waals surface area contributed by atoms with Crippen LogP contribution in [0.15, 0.2) is 0 Å². The summed E-state index contributed by atoms with van der Waals surface area (Å²) in [6.45, 7) is 1.85.